The van der Waals surface area contributed by atoms with Crippen molar-refractivity contribution < 1.29 is 22.7 Å². The molecule has 2 aromatic heterocycles. The first-order valence-corrected chi connectivity index (χ1v) is 7.52. The number of nitrogens with zero attached hydrogens (tertiary/aromatic N) is 4. The van der Waals surface area contributed by atoms with Gasteiger partial charge in [-0.1, -0.05) is 12.1 Å². The number of aryl methyl sites for hydroxylation is 1. The lowest BCUT2D eigenvalue weighted by Crippen LogP contribution is -2.12. The van der Waals surface area contributed by atoms with E-state index in [0.29, 0.717) is 5.82 Å². The molecule has 6 nitrogen and oxygen atoms in total. The van der Waals surface area contributed by atoms with Crippen molar-refractivity contribution >= 4 is 5.97 Å². The minimum absolute atomic E-state index is 0.116. The first-order chi connectivity index (χ1) is 12.3. The monoisotopic (exact) mass is 362 g/mol. The highest BCUT2D eigenvalue weighted by Gasteiger charge is 2.34. The van der Waals surface area contributed by atoms with Crippen molar-refractivity contribution in [2.24, 2.45) is 0 Å². The van der Waals surface area contributed by atoms with Crippen LogP contribution in [0.25, 0.3) is 5.69 Å². The number of carbonyl (C=O) groups excluding carboxylic acids is 1. The lowest BCUT2D eigenvalue weighted by molar-refractivity contribution is -0.137. The second kappa shape index (κ2) is 6.95. The van der Waals surface area contributed by atoms with Gasteiger partial charge < -0.3 is 4.74 Å². The summed E-state index contributed by atoms with van der Waals surface area (Å²) >= 11 is 0. The lowest BCUT2D eigenvalue weighted by atomic mass is 10.2. The zero-order valence-corrected chi connectivity index (χ0v) is 13.6. The molecule has 0 amide bonds. The fourth-order valence-corrected chi connectivity index (χ4v) is 2.25. The number of carbonyl (C=O) groups is 1. The largest absolute Gasteiger partial charge is 0.453 e. The topological polar surface area (TPSA) is 69.9 Å². The summed E-state index contributed by atoms with van der Waals surface area (Å²) in [5.41, 5.74) is -0.425. The molecule has 3 aromatic rings. The van der Waals surface area contributed by atoms with Gasteiger partial charge in [-0.3, -0.25) is 0 Å². The first kappa shape index (κ1) is 17.6. The SMILES string of the molecule is Cc1ccnc(COC(=O)c2ccn(-c3ccccc3C(F)(F)F)n2)n1. The van der Waals surface area contributed by atoms with Crippen LogP contribution >= 0.6 is 0 Å². The molecule has 0 saturated heterocycles. The third kappa shape index (κ3) is 3.88. The van der Waals surface area contributed by atoms with Crippen molar-refractivity contribution in [2.45, 2.75) is 19.7 Å². The number of rotatable bonds is 4. The van der Waals surface area contributed by atoms with Gasteiger partial charge in [0.25, 0.3) is 0 Å². The molecule has 134 valence electrons. The highest BCUT2D eigenvalue weighted by Crippen LogP contribution is 2.33. The molecule has 0 radical (unpaired) electrons. The number of esters is 1. The Morgan fingerprint density at radius 1 is 1.19 bits per heavy atom. The average Bonchev–Trinajstić information content (AvgIpc) is 3.09. The summed E-state index contributed by atoms with van der Waals surface area (Å²) in [5.74, 6) is -0.460. The van der Waals surface area contributed by atoms with Crippen molar-refractivity contribution in [3.8, 4) is 5.69 Å². The lowest BCUT2D eigenvalue weighted by Gasteiger charge is -2.12. The van der Waals surface area contributed by atoms with Crippen molar-refractivity contribution in [3.05, 3.63) is 71.6 Å². The van der Waals surface area contributed by atoms with Gasteiger partial charge in [-0.2, -0.15) is 18.3 Å². The Morgan fingerprint density at radius 2 is 1.96 bits per heavy atom. The molecule has 0 fully saturated rings. The number of alkyl halides is 3. The summed E-state index contributed by atoms with van der Waals surface area (Å²) in [7, 11) is 0. The Balaban J connectivity index is 1.77. The van der Waals surface area contributed by atoms with E-state index in [1.807, 2.05) is 0 Å². The number of para-hydroxylation sites is 1. The summed E-state index contributed by atoms with van der Waals surface area (Å²) in [4.78, 5) is 20.1. The number of benzene rings is 1. The van der Waals surface area contributed by atoms with Crippen molar-refractivity contribution in [2.75, 3.05) is 0 Å². The molecule has 0 saturated carbocycles. The number of halogens is 3. The predicted molar refractivity (Wildman–Crippen MR) is 84.5 cm³/mol. The zero-order chi connectivity index (χ0) is 18.7. The van der Waals surface area contributed by atoms with Crippen LogP contribution in [-0.4, -0.2) is 25.7 Å². The van der Waals surface area contributed by atoms with E-state index >= 15 is 0 Å². The van der Waals surface area contributed by atoms with Gasteiger partial charge in [0.15, 0.2) is 18.1 Å². The molecule has 2 heterocycles. The normalized spacial score (nSPS) is 11.4. The van der Waals surface area contributed by atoms with Gasteiger partial charge in [0.1, 0.15) is 0 Å². The van der Waals surface area contributed by atoms with Gasteiger partial charge in [0, 0.05) is 18.1 Å². The maximum Gasteiger partial charge on any atom is 0.418 e. The number of aromatic nitrogens is 4. The van der Waals surface area contributed by atoms with E-state index in [4.69, 9.17) is 4.74 Å². The number of hydrogen-bond acceptors (Lipinski definition) is 5. The predicted octanol–water partition coefficient (Wildman–Crippen LogP) is 3.35. The maximum absolute atomic E-state index is 13.1. The highest BCUT2D eigenvalue weighted by molar-refractivity contribution is 5.87. The van der Waals surface area contributed by atoms with Gasteiger partial charge in [-0.15, -0.1) is 0 Å². The molecule has 0 atom stereocenters. The fourth-order valence-electron chi connectivity index (χ4n) is 2.25. The quantitative estimate of drug-likeness (QED) is 0.666. The Labute approximate surface area is 146 Å². The molecule has 3 rings (SSSR count). The number of hydrogen-bond donors (Lipinski definition) is 0. The molecule has 0 N–H and O–H groups in total. The maximum atomic E-state index is 13.1. The summed E-state index contributed by atoms with van der Waals surface area (Å²) in [6, 6.07) is 7.94. The van der Waals surface area contributed by atoms with Crippen LogP contribution in [0.15, 0.2) is 48.8 Å². The third-order valence-electron chi connectivity index (χ3n) is 3.43. The Kier molecular flexibility index (Phi) is 4.70. The van der Waals surface area contributed by atoms with Crippen LogP contribution < -0.4 is 0 Å². The first-order valence-electron chi connectivity index (χ1n) is 7.52. The molecule has 0 aliphatic heterocycles. The summed E-state index contributed by atoms with van der Waals surface area (Å²) < 4.78 is 45.3. The Bertz CT molecular complexity index is 938. The molecule has 0 spiro atoms. The molecular formula is C17H13F3N4O2. The molecule has 0 bridgehead atoms. The number of ether oxygens (including phenoxy) is 1. The Morgan fingerprint density at radius 3 is 2.69 bits per heavy atom. The van der Waals surface area contributed by atoms with Gasteiger partial charge in [0.05, 0.1) is 11.3 Å². The van der Waals surface area contributed by atoms with E-state index in [1.54, 1.807) is 13.0 Å². The molecule has 1 aromatic carbocycles. The van der Waals surface area contributed by atoms with Crippen LogP contribution in [0.2, 0.25) is 0 Å². The second-order valence-corrected chi connectivity index (χ2v) is 5.35. The summed E-state index contributed by atoms with van der Waals surface area (Å²) in [5, 5.41) is 3.89. The zero-order valence-electron chi connectivity index (χ0n) is 13.6. The van der Waals surface area contributed by atoms with E-state index < -0.39 is 17.7 Å². The van der Waals surface area contributed by atoms with E-state index in [9.17, 15) is 18.0 Å². The van der Waals surface area contributed by atoms with Gasteiger partial charge >= 0.3 is 12.1 Å². The smallest absolute Gasteiger partial charge is 0.418 e. The molecule has 9 heteroatoms. The molecule has 0 unspecified atom stereocenters. The minimum Gasteiger partial charge on any atom is -0.453 e. The third-order valence-corrected chi connectivity index (χ3v) is 3.43. The van der Waals surface area contributed by atoms with Crippen molar-refractivity contribution in [1.29, 1.82) is 0 Å². The Hall–Kier alpha value is -3.23. The highest BCUT2D eigenvalue weighted by atomic mass is 19.4. The summed E-state index contributed by atoms with van der Waals surface area (Å²) in [6.45, 7) is 1.61. The van der Waals surface area contributed by atoms with Gasteiger partial charge in [0.2, 0.25) is 0 Å². The molecule has 0 aliphatic rings. The molecule has 26 heavy (non-hydrogen) atoms. The van der Waals surface area contributed by atoms with Crippen LogP contribution in [0.5, 0.6) is 0 Å². The second-order valence-electron chi connectivity index (χ2n) is 5.35. The van der Waals surface area contributed by atoms with Crippen LogP contribution in [-0.2, 0) is 17.5 Å². The van der Waals surface area contributed by atoms with E-state index in [-0.39, 0.29) is 18.0 Å². The average molecular weight is 362 g/mol. The minimum atomic E-state index is -4.54. The van der Waals surface area contributed by atoms with Gasteiger partial charge in [-0.05, 0) is 31.2 Å². The van der Waals surface area contributed by atoms with Crippen LogP contribution in [0.4, 0.5) is 13.2 Å². The van der Waals surface area contributed by atoms with E-state index in [1.165, 1.54) is 36.7 Å². The standard InChI is InChI=1S/C17H13F3N4O2/c1-11-6-8-21-15(22-11)10-26-16(25)13-7-9-24(23-13)14-5-3-2-4-12(14)17(18,19)20/h2-9H,10H2,1H3. The van der Waals surface area contributed by atoms with Gasteiger partial charge in [-0.25, -0.2) is 19.4 Å². The molecular weight excluding hydrogens is 349 g/mol. The fraction of sp³-hybridized carbons (Fsp3) is 0.176. The molecule has 0 aliphatic carbocycles. The van der Waals surface area contributed by atoms with Crippen molar-refractivity contribution in [3.63, 3.8) is 0 Å². The summed E-state index contributed by atoms with van der Waals surface area (Å²) in [6.07, 6.45) is -1.73. The van der Waals surface area contributed by atoms with Crippen molar-refractivity contribution in [1.82, 2.24) is 19.7 Å². The van der Waals surface area contributed by atoms with Crippen LogP contribution in [0, 0.1) is 6.92 Å². The van der Waals surface area contributed by atoms with Crippen LogP contribution in [0.3, 0.4) is 0 Å². The van der Waals surface area contributed by atoms with Crippen LogP contribution in [0.1, 0.15) is 27.6 Å². The van der Waals surface area contributed by atoms with E-state index in [0.717, 1.165) is 16.4 Å². The van der Waals surface area contributed by atoms with E-state index in [2.05, 4.69) is 15.1 Å².